The average Bonchev–Trinajstić information content (AvgIpc) is 2.66. The van der Waals surface area contributed by atoms with Crippen molar-refractivity contribution in [3.63, 3.8) is 0 Å². The van der Waals surface area contributed by atoms with Crippen LogP contribution in [0.5, 0.6) is 11.5 Å². The zero-order chi connectivity index (χ0) is 21.6. The third kappa shape index (κ3) is 6.49. The van der Waals surface area contributed by atoms with E-state index in [1.54, 1.807) is 35.2 Å². The van der Waals surface area contributed by atoms with Crippen LogP contribution >= 0.6 is 0 Å². The molecule has 0 spiro atoms. The van der Waals surface area contributed by atoms with Gasteiger partial charge in [0, 0.05) is 19.0 Å². The van der Waals surface area contributed by atoms with Gasteiger partial charge in [0.25, 0.3) is 0 Å². The minimum absolute atomic E-state index is 0.0418. The molecule has 0 aliphatic carbocycles. The first-order valence-corrected chi connectivity index (χ1v) is 11.0. The molecule has 2 aromatic rings. The number of amides is 1. The number of ether oxygens (including phenoxy) is 1. The lowest BCUT2D eigenvalue weighted by Crippen LogP contribution is -2.36. The van der Waals surface area contributed by atoms with Crippen LogP contribution in [0, 0.1) is 11.8 Å². The number of carbonyl (C=O) groups is 1. The van der Waals surface area contributed by atoms with Crippen molar-refractivity contribution < 1.29 is 22.1 Å². The molecule has 0 saturated carbocycles. The van der Waals surface area contributed by atoms with E-state index in [1.807, 2.05) is 19.9 Å². The van der Waals surface area contributed by atoms with Gasteiger partial charge in [-0.15, -0.1) is 0 Å². The van der Waals surface area contributed by atoms with E-state index in [0.717, 1.165) is 5.56 Å². The Balaban J connectivity index is 2.20. The van der Waals surface area contributed by atoms with Gasteiger partial charge < -0.3 is 13.8 Å². The van der Waals surface area contributed by atoms with E-state index in [2.05, 4.69) is 13.8 Å². The molecule has 6 nitrogen and oxygen atoms in total. The summed E-state index contributed by atoms with van der Waals surface area (Å²) in [6.45, 7) is 8.89. The Morgan fingerprint density at radius 2 is 1.66 bits per heavy atom. The van der Waals surface area contributed by atoms with E-state index in [4.69, 9.17) is 8.92 Å². The molecule has 0 aliphatic rings. The lowest BCUT2D eigenvalue weighted by molar-refractivity contribution is -0.135. The van der Waals surface area contributed by atoms with Gasteiger partial charge in [-0.3, -0.25) is 4.79 Å². The van der Waals surface area contributed by atoms with Crippen molar-refractivity contribution in [1.82, 2.24) is 4.90 Å². The summed E-state index contributed by atoms with van der Waals surface area (Å²) in [6, 6.07) is 12.8. The maximum Gasteiger partial charge on any atom is 0.339 e. The molecule has 7 heteroatoms. The van der Waals surface area contributed by atoms with E-state index in [9.17, 15) is 13.2 Å². The minimum Gasteiger partial charge on any atom is -0.497 e. The predicted octanol–water partition coefficient (Wildman–Crippen LogP) is 4.10. The van der Waals surface area contributed by atoms with Crippen LogP contribution < -0.4 is 8.92 Å². The van der Waals surface area contributed by atoms with Crippen LogP contribution in [0.15, 0.2) is 53.4 Å². The van der Waals surface area contributed by atoms with Crippen LogP contribution in [0.1, 0.15) is 33.3 Å². The SMILES string of the molecule is COc1ccc(S(=O)(=O)Oc2cccc(CN(CC(C)C)C(=O)C(C)C)c2)cc1. The highest BCUT2D eigenvalue weighted by molar-refractivity contribution is 7.87. The number of rotatable bonds is 9. The first-order chi connectivity index (χ1) is 13.6. The van der Waals surface area contributed by atoms with E-state index in [-0.39, 0.29) is 22.5 Å². The zero-order valence-electron chi connectivity index (χ0n) is 17.6. The number of hydrogen-bond donors (Lipinski definition) is 0. The number of benzene rings is 2. The van der Waals surface area contributed by atoms with E-state index in [0.29, 0.717) is 24.8 Å². The van der Waals surface area contributed by atoms with Gasteiger partial charge in [-0.25, -0.2) is 0 Å². The molecule has 0 N–H and O–H groups in total. The van der Waals surface area contributed by atoms with E-state index < -0.39 is 10.1 Å². The van der Waals surface area contributed by atoms with Gasteiger partial charge in [-0.1, -0.05) is 39.8 Å². The van der Waals surface area contributed by atoms with Gasteiger partial charge in [0.1, 0.15) is 16.4 Å². The fourth-order valence-corrected chi connectivity index (χ4v) is 3.79. The highest BCUT2D eigenvalue weighted by Crippen LogP contribution is 2.23. The fourth-order valence-electron chi connectivity index (χ4n) is 2.87. The molecule has 0 fully saturated rings. The second kappa shape index (κ2) is 9.78. The zero-order valence-corrected chi connectivity index (χ0v) is 18.4. The summed E-state index contributed by atoms with van der Waals surface area (Å²) < 4.78 is 35.4. The normalized spacial score (nSPS) is 11.6. The van der Waals surface area contributed by atoms with Crippen LogP contribution in [0.4, 0.5) is 0 Å². The molecule has 29 heavy (non-hydrogen) atoms. The third-order valence-corrected chi connectivity index (χ3v) is 5.48. The van der Waals surface area contributed by atoms with Crippen molar-refractivity contribution in [2.24, 2.45) is 11.8 Å². The monoisotopic (exact) mass is 419 g/mol. The van der Waals surface area contributed by atoms with Crippen molar-refractivity contribution in [2.45, 2.75) is 39.1 Å². The Hall–Kier alpha value is -2.54. The summed E-state index contributed by atoms with van der Waals surface area (Å²) in [5, 5.41) is 0. The van der Waals surface area contributed by atoms with Crippen LogP contribution in [0.2, 0.25) is 0 Å². The van der Waals surface area contributed by atoms with E-state index in [1.165, 1.54) is 19.2 Å². The van der Waals surface area contributed by atoms with Crippen LogP contribution in [0.25, 0.3) is 0 Å². The van der Waals surface area contributed by atoms with Crippen molar-refractivity contribution in [3.8, 4) is 11.5 Å². The Morgan fingerprint density at radius 3 is 2.21 bits per heavy atom. The number of methoxy groups -OCH3 is 1. The maximum atomic E-state index is 12.6. The van der Waals surface area contributed by atoms with Crippen molar-refractivity contribution in [1.29, 1.82) is 0 Å². The lowest BCUT2D eigenvalue weighted by Gasteiger charge is -2.26. The van der Waals surface area contributed by atoms with Crippen LogP contribution in [-0.4, -0.2) is 32.9 Å². The Kier molecular flexibility index (Phi) is 7.67. The lowest BCUT2D eigenvalue weighted by atomic mass is 10.1. The summed E-state index contributed by atoms with van der Waals surface area (Å²) in [5.41, 5.74) is 0.807. The Labute approximate surface area is 173 Å². The molecule has 158 valence electrons. The molecular weight excluding hydrogens is 390 g/mol. The first kappa shape index (κ1) is 22.7. The second-order valence-corrected chi connectivity index (χ2v) is 9.17. The molecule has 1 amide bonds. The summed E-state index contributed by atoms with van der Waals surface area (Å²) in [7, 11) is -2.46. The molecule has 0 saturated heterocycles. The van der Waals surface area contributed by atoms with Crippen molar-refractivity contribution in [3.05, 3.63) is 54.1 Å². The number of nitrogens with zero attached hydrogens (tertiary/aromatic N) is 1. The minimum atomic E-state index is -3.97. The fraction of sp³-hybridized carbons (Fsp3) is 0.409. The van der Waals surface area contributed by atoms with Gasteiger partial charge >= 0.3 is 10.1 Å². The van der Waals surface area contributed by atoms with Gasteiger partial charge in [0.05, 0.1) is 7.11 Å². The largest absolute Gasteiger partial charge is 0.497 e. The molecule has 0 aliphatic heterocycles. The van der Waals surface area contributed by atoms with Gasteiger partial charge in [0.15, 0.2) is 0 Å². The smallest absolute Gasteiger partial charge is 0.339 e. The second-order valence-electron chi connectivity index (χ2n) is 7.63. The van der Waals surface area contributed by atoms with E-state index >= 15 is 0 Å². The Bertz CT molecular complexity index is 920. The van der Waals surface area contributed by atoms with Crippen molar-refractivity contribution in [2.75, 3.05) is 13.7 Å². The Morgan fingerprint density at radius 1 is 1.00 bits per heavy atom. The third-order valence-electron chi connectivity index (χ3n) is 4.22. The number of hydrogen-bond acceptors (Lipinski definition) is 5. The van der Waals surface area contributed by atoms with Crippen LogP contribution in [0.3, 0.4) is 0 Å². The highest BCUT2D eigenvalue weighted by Gasteiger charge is 2.20. The molecule has 0 heterocycles. The van der Waals surface area contributed by atoms with Gasteiger partial charge in [-0.05, 0) is 47.9 Å². The van der Waals surface area contributed by atoms with Crippen LogP contribution in [-0.2, 0) is 21.5 Å². The average molecular weight is 420 g/mol. The maximum absolute atomic E-state index is 12.6. The molecule has 0 aromatic heterocycles. The molecular formula is C22H29NO5S. The molecule has 2 aromatic carbocycles. The van der Waals surface area contributed by atoms with Gasteiger partial charge in [-0.2, -0.15) is 8.42 Å². The summed E-state index contributed by atoms with van der Waals surface area (Å²) in [5.74, 6) is 1.05. The molecule has 0 unspecified atom stereocenters. The summed E-state index contributed by atoms with van der Waals surface area (Å²) >= 11 is 0. The summed E-state index contributed by atoms with van der Waals surface area (Å²) in [6.07, 6.45) is 0. The molecule has 2 rings (SSSR count). The number of carbonyl (C=O) groups excluding carboxylic acids is 1. The standard InChI is InChI=1S/C22H29NO5S/c1-16(2)14-23(22(24)17(3)4)15-18-7-6-8-20(13-18)28-29(25,26)21-11-9-19(27-5)10-12-21/h6-13,16-17H,14-15H2,1-5H3. The van der Waals surface area contributed by atoms with Gasteiger partial charge in [0.2, 0.25) is 5.91 Å². The first-order valence-electron chi connectivity index (χ1n) is 9.58. The van der Waals surface area contributed by atoms with Crippen molar-refractivity contribution >= 4 is 16.0 Å². The molecule has 0 radical (unpaired) electrons. The molecule has 0 atom stereocenters. The summed E-state index contributed by atoms with van der Waals surface area (Å²) in [4.78, 5) is 14.4. The molecule has 0 bridgehead atoms. The topological polar surface area (TPSA) is 72.9 Å². The predicted molar refractivity (Wildman–Crippen MR) is 112 cm³/mol. The quantitative estimate of drug-likeness (QED) is 0.572. The highest BCUT2D eigenvalue weighted by atomic mass is 32.2.